The number of amides is 2. The van der Waals surface area contributed by atoms with Gasteiger partial charge < -0.3 is 15.4 Å². The fourth-order valence-electron chi connectivity index (χ4n) is 2.27. The fourth-order valence-corrected chi connectivity index (χ4v) is 3.04. The lowest BCUT2D eigenvalue weighted by Gasteiger charge is -2.07. The van der Waals surface area contributed by atoms with E-state index in [4.69, 9.17) is 4.74 Å². The van der Waals surface area contributed by atoms with Gasteiger partial charge in [0.25, 0.3) is 5.91 Å². The number of esters is 1. The Morgan fingerprint density at radius 1 is 1.14 bits per heavy atom. The van der Waals surface area contributed by atoms with Gasteiger partial charge in [-0.2, -0.15) is 5.10 Å². The molecule has 0 saturated carbocycles. The van der Waals surface area contributed by atoms with E-state index >= 15 is 0 Å². The first kappa shape index (κ1) is 19.2. The number of aryl methyl sites for hydroxylation is 1. The minimum absolute atomic E-state index is 0.135. The number of hydrogen-bond acceptors (Lipinski definition) is 7. The number of anilines is 2. The second-order valence-corrected chi connectivity index (χ2v) is 6.68. The average molecular weight is 399 g/mol. The summed E-state index contributed by atoms with van der Waals surface area (Å²) < 4.78 is 6.65. The quantitative estimate of drug-likeness (QED) is 0.615. The first-order chi connectivity index (χ1) is 13.4. The standard InChI is InChI=1S/C18H17N5O4S/c1-11(24)20-13-3-5-14(6-4-13)21-16(25)9-27-18(26)15-10-28-17(22-15)12-7-19-23(2)8-12/h3-8,10H,9H2,1-2H3,(H,20,24)(H,21,25). The highest BCUT2D eigenvalue weighted by Crippen LogP contribution is 2.23. The van der Waals surface area contributed by atoms with Crippen molar-refractivity contribution in [3.8, 4) is 10.6 Å². The summed E-state index contributed by atoms with van der Waals surface area (Å²) in [5.74, 6) is -1.34. The Bertz CT molecular complexity index is 1010. The van der Waals surface area contributed by atoms with Gasteiger partial charge in [-0.05, 0) is 24.3 Å². The van der Waals surface area contributed by atoms with Gasteiger partial charge >= 0.3 is 5.97 Å². The smallest absolute Gasteiger partial charge is 0.358 e. The van der Waals surface area contributed by atoms with Crippen LogP contribution in [0.4, 0.5) is 11.4 Å². The Balaban J connectivity index is 1.51. The van der Waals surface area contributed by atoms with Crippen LogP contribution < -0.4 is 10.6 Å². The van der Waals surface area contributed by atoms with Gasteiger partial charge in [0.15, 0.2) is 12.3 Å². The zero-order chi connectivity index (χ0) is 20.1. The average Bonchev–Trinajstić information content (AvgIpc) is 3.30. The lowest BCUT2D eigenvalue weighted by Crippen LogP contribution is -2.21. The Hall–Kier alpha value is -3.53. The molecule has 9 nitrogen and oxygen atoms in total. The zero-order valence-electron chi connectivity index (χ0n) is 15.1. The molecular formula is C18H17N5O4S. The number of ether oxygens (including phenoxy) is 1. The minimum atomic E-state index is -0.678. The normalized spacial score (nSPS) is 10.4. The Labute approximate surface area is 164 Å². The molecule has 2 heterocycles. The summed E-state index contributed by atoms with van der Waals surface area (Å²) >= 11 is 1.29. The molecule has 0 atom stereocenters. The van der Waals surface area contributed by atoms with E-state index in [-0.39, 0.29) is 11.6 Å². The molecule has 0 aliphatic carbocycles. The van der Waals surface area contributed by atoms with Crippen molar-refractivity contribution in [3.05, 3.63) is 47.7 Å². The minimum Gasteiger partial charge on any atom is -0.451 e. The van der Waals surface area contributed by atoms with E-state index in [2.05, 4.69) is 20.7 Å². The highest BCUT2D eigenvalue weighted by atomic mass is 32.1. The molecule has 0 unspecified atom stereocenters. The third kappa shape index (κ3) is 5.01. The van der Waals surface area contributed by atoms with Crippen molar-refractivity contribution in [2.75, 3.05) is 17.2 Å². The van der Waals surface area contributed by atoms with Crippen LogP contribution in [-0.4, -0.2) is 39.2 Å². The van der Waals surface area contributed by atoms with Crippen molar-refractivity contribution < 1.29 is 19.1 Å². The first-order valence-corrected chi connectivity index (χ1v) is 9.08. The summed E-state index contributed by atoms with van der Waals surface area (Å²) in [4.78, 5) is 39.2. The van der Waals surface area contributed by atoms with Gasteiger partial charge in [0.1, 0.15) is 5.01 Å². The lowest BCUT2D eigenvalue weighted by atomic mass is 10.2. The van der Waals surface area contributed by atoms with Gasteiger partial charge in [-0.25, -0.2) is 9.78 Å². The van der Waals surface area contributed by atoms with Crippen LogP contribution in [0.15, 0.2) is 42.0 Å². The molecule has 2 aromatic heterocycles. The van der Waals surface area contributed by atoms with E-state index in [9.17, 15) is 14.4 Å². The van der Waals surface area contributed by atoms with E-state index in [1.807, 2.05) is 0 Å². The molecule has 0 radical (unpaired) electrons. The van der Waals surface area contributed by atoms with Crippen molar-refractivity contribution in [2.45, 2.75) is 6.92 Å². The van der Waals surface area contributed by atoms with E-state index in [0.717, 1.165) is 5.56 Å². The Morgan fingerprint density at radius 2 is 1.82 bits per heavy atom. The van der Waals surface area contributed by atoms with E-state index in [0.29, 0.717) is 16.4 Å². The number of nitrogens with zero attached hydrogens (tertiary/aromatic N) is 3. The number of carbonyl (C=O) groups excluding carboxylic acids is 3. The Morgan fingerprint density at radius 3 is 2.43 bits per heavy atom. The molecular weight excluding hydrogens is 382 g/mol. The van der Waals surface area contributed by atoms with Crippen molar-refractivity contribution in [1.82, 2.24) is 14.8 Å². The van der Waals surface area contributed by atoms with Crippen LogP contribution in [0.2, 0.25) is 0 Å². The highest BCUT2D eigenvalue weighted by Gasteiger charge is 2.15. The number of aromatic nitrogens is 3. The second-order valence-electron chi connectivity index (χ2n) is 5.82. The van der Waals surface area contributed by atoms with E-state index in [1.54, 1.807) is 53.8 Å². The summed E-state index contributed by atoms with van der Waals surface area (Å²) in [7, 11) is 1.79. The van der Waals surface area contributed by atoms with Gasteiger partial charge in [-0.1, -0.05) is 0 Å². The zero-order valence-corrected chi connectivity index (χ0v) is 15.9. The third-order valence-electron chi connectivity index (χ3n) is 3.49. The fraction of sp³-hybridized carbons (Fsp3) is 0.167. The number of rotatable bonds is 6. The molecule has 28 heavy (non-hydrogen) atoms. The summed E-state index contributed by atoms with van der Waals surface area (Å²) in [6, 6.07) is 6.56. The topological polar surface area (TPSA) is 115 Å². The molecule has 2 N–H and O–H groups in total. The molecule has 0 saturated heterocycles. The van der Waals surface area contributed by atoms with Crippen molar-refractivity contribution in [2.24, 2.45) is 7.05 Å². The molecule has 10 heteroatoms. The van der Waals surface area contributed by atoms with Crippen LogP contribution >= 0.6 is 11.3 Å². The monoisotopic (exact) mass is 399 g/mol. The van der Waals surface area contributed by atoms with Crippen molar-refractivity contribution in [1.29, 1.82) is 0 Å². The van der Waals surface area contributed by atoms with Gasteiger partial charge in [-0.15, -0.1) is 11.3 Å². The number of carbonyl (C=O) groups is 3. The number of nitrogens with one attached hydrogen (secondary N) is 2. The van der Waals surface area contributed by atoms with Crippen LogP contribution in [-0.2, 0) is 21.4 Å². The van der Waals surface area contributed by atoms with Crippen LogP contribution in [0.1, 0.15) is 17.4 Å². The van der Waals surface area contributed by atoms with Crippen molar-refractivity contribution in [3.63, 3.8) is 0 Å². The SMILES string of the molecule is CC(=O)Nc1ccc(NC(=O)COC(=O)c2csc(-c3cnn(C)c3)n2)cc1. The third-order valence-corrected chi connectivity index (χ3v) is 4.38. The second kappa shape index (κ2) is 8.44. The summed E-state index contributed by atoms with van der Waals surface area (Å²) in [6.45, 7) is 0.970. The molecule has 1 aromatic carbocycles. The van der Waals surface area contributed by atoms with Gasteiger partial charge in [0, 0.05) is 42.5 Å². The van der Waals surface area contributed by atoms with E-state index in [1.165, 1.54) is 18.3 Å². The predicted octanol–water partition coefficient (Wildman–Crippen LogP) is 2.30. The molecule has 3 aromatic rings. The molecule has 0 aliphatic heterocycles. The van der Waals surface area contributed by atoms with Crippen LogP contribution in [0.3, 0.4) is 0 Å². The number of hydrogen-bond donors (Lipinski definition) is 2. The van der Waals surface area contributed by atoms with Gasteiger partial charge in [0.05, 0.1) is 6.20 Å². The summed E-state index contributed by atoms with van der Waals surface area (Å²) in [5.41, 5.74) is 2.07. The Kier molecular flexibility index (Phi) is 5.80. The predicted molar refractivity (Wildman–Crippen MR) is 104 cm³/mol. The maximum Gasteiger partial charge on any atom is 0.358 e. The van der Waals surface area contributed by atoms with Crippen LogP contribution in [0.5, 0.6) is 0 Å². The lowest BCUT2D eigenvalue weighted by molar-refractivity contribution is -0.119. The van der Waals surface area contributed by atoms with E-state index < -0.39 is 18.5 Å². The molecule has 0 spiro atoms. The van der Waals surface area contributed by atoms with Crippen molar-refractivity contribution >= 4 is 40.5 Å². The van der Waals surface area contributed by atoms with Crippen LogP contribution in [0, 0.1) is 0 Å². The van der Waals surface area contributed by atoms with Gasteiger partial charge in [0.2, 0.25) is 5.91 Å². The first-order valence-electron chi connectivity index (χ1n) is 8.20. The molecule has 0 aliphatic rings. The molecule has 3 rings (SSSR count). The molecule has 144 valence electrons. The highest BCUT2D eigenvalue weighted by molar-refractivity contribution is 7.13. The summed E-state index contributed by atoms with van der Waals surface area (Å²) in [5, 5.41) is 11.5. The molecule has 0 fully saturated rings. The van der Waals surface area contributed by atoms with Crippen LogP contribution in [0.25, 0.3) is 10.6 Å². The maximum absolute atomic E-state index is 12.1. The number of benzene rings is 1. The number of thiazole rings is 1. The molecule has 2 amide bonds. The summed E-state index contributed by atoms with van der Waals surface area (Å²) in [6.07, 6.45) is 3.44. The molecule has 0 bridgehead atoms. The maximum atomic E-state index is 12.1. The van der Waals surface area contributed by atoms with Gasteiger partial charge in [-0.3, -0.25) is 14.3 Å². The largest absolute Gasteiger partial charge is 0.451 e.